The van der Waals surface area contributed by atoms with Gasteiger partial charge in [0.1, 0.15) is 6.04 Å². The Hall–Kier alpha value is -2.16. The molecule has 160 valence electrons. The van der Waals surface area contributed by atoms with E-state index in [1.54, 1.807) is 17.8 Å². The predicted octanol–water partition coefficient (Wildman–Crippen LogP) is 3.36. The van der Waals surface area contributed by atoms with Crippen molar-refractivity contribution in [3.8, 4) is 11.1 Å². The molecule has 0 spiro atoms. The zero-order chi connectivity index (χ0) is 21.3. The van der Waals surface area contributed by atoms with Crippen LogP contribution in [0.4, 0.5) is 5.69 Å². The van der Waals surface area contributed by atoms with Crippen molar-refractivity contribution in [2.75, 3.05) is 35.5 Å². The first-order valence-corrected chi connectivity index (χ1v) is 12.4. The van der Waals surface area contributed by atoms with E-state index in [1.165, 1.54) is 0 Å². The highest BCUT2D eigenvalue weighted by Gasteiger charge is 2.22. The molecule has 4 N–H and O–H groups in total. The van der Waals surface area contributed by atoms with Crippen LogP contribution in [0.15, 0.2) is 48.5 Å². The summed E-state index contributed by atoms with van der Waals surface area (Å²) in [6, 6.07) is 14.8. The molecular formula is C22H27N3O3S2. The molecule has 0 bridgehead atoms. The number of aliphatic carboxylic acids is 1. The van der Waals surface area contributed by atoms with Crippen molar-refractivity contribution in [3.63, 3.8) is 0 Å². The van der Waals surface area contributed by atoms with E-state index in [-0.39, 0.29) is 5.91 Å². The van der Waals surface area contributed by atoms with Gasteiger partial charge in [0.05, 0.1) is 0 Å². The molecule has 0 radical (unpaired) electrons. The molecule has 6 nitrogen and oxygen atoms in total. The van der Waals surface area contributed by atoms with Crippen LogP contribution in [0.1, 0.15) is 16.8 Å². The molecule has 2 aromatic rings. The molecule has 1 aliphatic rings. The van der Waals surface area contributed by atoms with Gasteiger partial charge in [0, 0.05) is 35.5 Å². The van der Waals surface area contributed by atoms with Crippen LogP contribution in [-0.2, 0) is 4.79 Å². The van der Waals surface area contributed by atoms with E-state index < -0.39 is 12.0 Å². The van der Waals surface area contributed by atoms with E-state index in [4.69, 9.17) is 0 Å². The second kappa shape index (κ2) is 11.3. The summed E-state index contributed by atoms with van der Waals surface area (Å²) in [4.78, 5) is 24.5. The van der Waals surface area contributed by atoms with Crippen LogP contribution >= 0.6 is 23.5 Å². The van der Waals surface area contributed by atoms with Crippen LogP contribution in [0, 0.1) is 0 Å². The van der Waals surface area contributed by atoms with Crippen molar-refractivity contribution in [3.05, 3.63) is 54.1 Å². The lowest BCUT2D eigenvalue weighted by Gasteiger charge is -2.18. The highest BCUT2D eigenvalue weighted by atomic mass is 32.2. The lowest BCUT2D eigenvalue weighted by molar-refractivity contribution is -0.139. The Bertz CT molecular complexity index is 858. The Morgan fingerprint density at radius 3 is 2.73 bits per heavy atom. The van der Waals surface area contributed by atoms with Crippen LogP contribution in [0.3, 0.4) is 0 Å². The van der Waals surface area contributed by atoms with Gasteiger partial charge in [-0.15, -0.1) is 11.8 Å². The molecule has 1 saturated heterocycles. The highest BCUT2D eigenvalue weighted by Crippen LogP contribution is 2.27. The number of hydrogen-bond donors (Lipinski definition) is 4. The van der Waals surface area contributed by atoms with Crippen molar-refractivity contribution in [2.24, 2.45) is 0 Å². The van der Waals surface area contributed by atoms with Gasteiger partial charge in [0.25, 0.3) is 5.91 Å². The summed E-state index contributed by atoms with van der Waals surface area (Å²) in [6.07, 6.45) is 2.30. The number of hydrogen-bond acceptors (Lipinski definition) is 6. The molecule has 30 heavy (non-hydrogen) atoms. The first-order chi connectivity index (χ1) is 14.6. The van der Waals surface area contributed by atoms with Crippen LogP contribution in [0.25, 0.3) is 11.1 Å². The SMILES string of the molecule is CSCCC(NC(=O)c1ccc(NCC2CSCN2)cc1-c1ccccc1)C(=O)O. The average molecular weight is 446 g/mol. The van der Waals surface area contributed by atoms with Crippen molar-refractivity contribution < 1.29 is 14.7 Å². The highest BCUT2D eigenvalue weighted by molar-refractivity contribution is 7.99. The van der Waals surface area contributed by atoms with Gasteiger partial charge in [0.15, 0.2) is 0 Å². The molecule has 0 aliphatic carbocycles. The van der Waals surface area contributed by atoms with E-state index in [0.29, 0.717) is 23.8 Å². The fraction of sp³-hybridized carbons (Fsp3) is 0.364. The lowest BCUT2D eigenvalue weighted by atomic mass is 9.98. The number of thioether (sulfide) groups is 2. The summed E-state index contributed by atoms with van der Waals surface area (Å²) in [5, 5.41) is 19.0. The maximum atomic E-state index is 13.0. The molecule has 3 rings (SSSR count). The Morgan fingerprint density at radius 2 is 2.07 bits per heavy atom. The second-order valence-corrected chi connectivity index (χ2v) is 9.09. The summed E-state index contributed by atoms with van der Waals surface area (Å²) >= 11 is 3.44. The van der Waals surface area contributed by atoms with E-state index in [1.807, 2.05) is 60.5 Å². The molecule has 1 amide bonds. The molecule has 0 aromatic heterocycles. The summed E-state index contributed by atoms with van der Waals surface area (Å²) in [5.41, 5.74) is 3.09. The normalized spacial score (nSPS) is 16.8. The van der Waals surface area contributed by atoms with Gasteiger partial charge < -0.3 is 21.1 Å². The molecule has 8 heteroatoms. The summed E-state index contributed by atoms with van der Waals surface area (Å²) in [6.45, 7) is 0.808. The van der Waals surface area contributed by atoms with E-state index >= 15 is 0 Å². The van der Waals surface area contributed by atoms with Crippen LogP contribution in [0.5, 0.6) is 0 Å². The molecule has 2 unspecified atom stereocenters. The largest absolute Gasteiger partial charge is 0.480 e. The maximum Gasteiger partial charge on any atom is 0.326 e. The van der Waals surface area contributed by atoms with Gasteiger partial charge in [0.2, 0.25) is 0 Å². The van der Waals surface area contributed by atoms with Gasteiger partial charge in [-0.2, -0.15) is 11.8 Å². The zero-order valence-electron chi connectivity index (χ0n) is 16.9. The van der Waals surface area contributed by atoms with Crippen molar-refractivity contribution in [1.29, 1.82) is 0 Å². The number of amides is 1. The summed E-state index contributed by atoms with van der Waals surface area (Å²) < 4.78 is 0. The Morgan fingerprint density at radius 1 is 1.27 bits per heavy atom. The summed E-state index contributed by atoms with van der Waals surface area (Å²) in [7, 11) is 0. The van der Waals surface area contributed by atoms with Gasteiger partial charge in [-0.3, -0.25) is 4.79 Å². The van der Waals surface area contributed by atoms with Crippen molar-refractivity contribution >= 4 is 41.1 Å². The van der Waals surface area contributed by atoms with E-state index in [0.717, 1.165) is 35.0 Å². The number of rotatable bonds is 10. The first kappa shape index (κ1) is 22.5. The fourth-order valence-electron chi connectivity index (χ4n) is 3.25. The first-order valence-electron chi connectivity index (χ1n) is 9.85. The fourth-order valence-corrected chi connectivity index (χ4v) is 4.71. The standard InChI is InChI=1S/C22H27N3O3S2/c1-29-10-9-20(22(27)28)25-21(26)18-8-7-16(23-12-17-13-30-14-24-17)11-19(18)15-5-3-2-4-6-15/h2-8,11,17,20,23-24H,9-10,12-14H2,1H3,(H,25,26)(H,27,28). The third-order valence-electron chi connectivity index (χ3n) is 4.91. The Kier molecular flexibility index (Phi) is 8.48. The molecule has 1 aliphatic heterocycles. The van der Waals surface area contributed by atoms with Gasteiger partial charge >= 0.3 is 5.97 Å². The van der Waals surface area contributed by atoms with Gasteiger partial charge in [-0.1, -0.05) is 30.3 Å². The average Bonchev–Trinajstić information content (AvgIpc) is 3.29. The van der Waals surface area contributed by atoms with E-state index in [9.17, 15) is 14.7 Å². The van der Waals surface area contributed by atoms with E-state index in [2.05, 4.69) is 16.0 Å². The number of carbonyl (C=O) groups excluding carboxylic acids is 1. The minimum absolute atomic E-state index is 0.372. The minimum Gasteiger partial charge on any atom is -0.480 e. The molecule has 2 atom stereocenters. The van der Waals surface area contributed by atoms with Crippen LogP contribution in [-0.4, -0.2) is 59.2 Å². The second-order valence-electron chi connectivity index (χ2n) is 7.07. The third-order valence-corrected chi connectivity index (χ3v) is 6.56. The number of carboxylic acid groups (broad SMARTS) is 1. The molecule has 1 heterocycles. The number of nitrogens with one attached hydrogen (secondary N) is 3. The zero-order valence-corrected chi connectivity index (χ0v) is 18.5. The predicted molar refractivity (Wildman–Crippen MR) is 127 cm³/mol. The number of carboxylic acids is 1. The van der Waals surface area contributed by atoms with Crippen LogP contribution < -0.4 is 16.0 Å². The topological polar surface area (TPSA) is 90.5 Å². The van der Waals surface area contributed by atoms with Gasteiger partial charge in [-0.25, -0.2) is 4.79 Å². The number of anilines is 1. The Labute approximate surface area is 185 Å². The summed E-state index contributed by atoms with van der Waals surface area (Å²) in [5.74, 6) is 1.33. The number of benzene rings is 2. The maximum absolute atomic E-state index is 13.0. The quantitative estimate of drug-likeness (QED) is 0.446. The van der Waals surface area contributed by atoms with Crippen LogP contribution in [0.2, 0.25) is 0 Å². The van der Waals surface area contributed by atoms with Crippen molar-refractivity contribution in [2.45, 2.75) is 18.5 Å². The van der Waals surface area contributed by atoms with Gasteiger partial charge in [-0.05, 0) is 47.8 Å². The number of carbonyl (C=O) groups is 2. The monoisotopic (exact) mass is 445 g/mol. The minimum atomic E-state index is -1.01. The third kappa shape index (κ3) is 6.17. The molecular weight excluding hydrogens is 418 g/mol. The molecule has 0 saturated carbocycles. The molecule has 1 fully saturated rings. The smallest absolute Gasteiger partial charge is 0.326 e. The molecule has 2 aromatic carbocycles. The van der Waals surface area contributed by atoms with Crippen molar-refractivity contribution in [1.82, 2.24) is 10.6 Å². The Balaban J connectivity index is 1.82. The lowest BCUT2D eigenvalue weighted by Crippen LogP contribution is -2.41.